The second kappa shape index (κ2) is 35.9. The molecule has 0 aliphatic carbocycles. The van der Waals surface area contributed by atoms with Crippen molar-refractivity contribution in [1.29, 1.82) is 0 Å². The van der Waals surface area contributed by atoms with Gasteiger partial charge in [0, 0.05) is 44.5 Å². The minimum absolute atomic E-state index is 0. The van der Waals surface area contributed by atoms with Crippen LogP contribution in [0.2, 0.25) is 0 Å². The zero-order valence-electron chi connectivity index (χ0n) is 64.5. The molecule has 10 heterocycles. The molecule has 0 spiro atoms. The Kier molecular flexibility index (Phi) is 24.7. The van der Waals surface area contributed by atoms with Gasteiger partial charge in [0.2, 0.25) is 0 Å². The van der Waals surface area contributed by atoms with Crippen molar-refractivity contribution in [3.63, 3.8) is 0 Å². The SMILES string of the molecule is C.C#Cc1cc2c(s1)C(c1ccccc1C)=NC(C)c1c(COOCOCOCOC(=O)c3ncn4c3C(C)N=C(c3ccccc3C)c3sc(C#C)cc3-4)ncn1-2.C#Cc1ccc2c(c1)C(c1ccccc1C)=NC(C)c1c(COOCOCOCOC(=O)c3ncn4c3C(C)N=C(c3ccccc3C)c3cc(C#C)ccc3-4)ncn1-2. The topological polar surface area (TPSA) is 247 Å². The molecule has 0 saturated heterocycles. The molecule has 0 saturated carbocycles. The summed E-state index contributed by atoms with van der Waals surface area (Å²) in [5.74, 6) is 9.64. The van der Waals surface area contributed by atoms with E-state index in [1.54, 1.807) is 25.3 Å². The van der Waals surface area contributed by atoms with Gasteiger partial charge in [0.25, 0.3) is 0 Å². The predicted molar refractivity (Wildman–Crippen MR) is 446 cm³/mol. The molecule has 12 aromatic rings. The van der Waals surface area contributed by atoms with Gasteiger partial charge >= 0.3 is 11.9 Å². The Labute approximate surface area is 685 Å². The minimum atomic E-state index is -0.663. The summed E-state index contributed by atoms with van der Waals surface area (Å²) in [4.78, 5) is 90.1. The van der Waals surface area contributed by atoms with Crippen molar-refractivity contribution < 1.29 is 57.6 Å². The molecule has 16 rings (SSSR count). The van der Waals surface area contributed by atoms with Crippen LogP contribution in [0.15, 0.2) is 191 Å². The highest BCUT2D eigenvalue weighted by Crippen LogP contribution is 2.42. The molecule has 117 heavy (non-hydrogen) atoms. The first kappa shape index (κ1) is 80.7. The molecule has 4 unspecified atom stereocenters. The average Bonchev–Trinajstić information content (AvgIpc) is 1.62. The van der Waals surface area contributed by atoms with Gasteiger partial charge in [-0.15, -0.1) is 48.4 Å². The Morgan fingerprint density at radius 3 is 1.09 bits per heavy atom. The number of carbonyl (C=O) groups excluding carboxylic acids is 2. The second-order valence-electron chi connectivity index (χ2n) is 27.3. The maximum absolute atomic E-state index is 13.3. The smallest absolute Gasteiger partial charge is 0.361 e. The first-order valence-electron chi connectivity index (χ1n) is 36.9. The zero-order valence-corrected chi connectivity index (χ0v) is 66.2. The fraction of sp³-hybridized carbons (Fsp3) is 0.231. The van der Waals surface area contributed by atoms with Crippen molar-refractivity contribution in [2.24, 2.45) is 20.0 Å². The summed E-state index contributed by atoms with van der Waals surface area (Å²) >= 11 is 3.01. The summed E-state index contributed by atoms with van der Waals surface area (Å²) in [6.07, 6.45) is 29.9. The number of benzene rings is 6. The highest BCUT2D eigenvalue weighted by Gasteiger charge is 2.35. The van der Waals surface area contributed by atoms with E-state index in [2.05, 4.69) is 81.7 Å². The van der Waals surface area contributed by atoms with Gasteiger partial charge in [-0.2, -0.15) is 0 Å². The Balaban J connectivity index is 0.000000191. The van der Waals surface area contributed by atoms with E-state index in [1.165, 1.54) is 22.7 Å². The van der Waals surface area contributed by atoms with Crippen LogP contribution in [-0.4, -0.2) is 114 Å². The Morgan fingerprint density at radius 1 is 0.376 bits per heavy atom. The molecule has 24 nitrogen and oxygen atoms in total. The lowest BCUT2D eigenvalue weighted by atomic mass is 9.95. The summed E-state index contributed by atoms with van der Waals surface area (Å²) in [7, 11) is 0. The third-order valence-corrected chi connectivity index (χ3v) is 22.1. The molecule has 6 aromatic heterocycles. The van der Waals surface area contributed by atoms with E-state index < -0.39 is 24.0 Å². The van der Waals surface area contributed by atoms with E-state index in [0.29, 0.717) is 28.3 Å². The van der Waals surface area contributed by atoms with Gasteiger partial charge in [0.05, 0.1) is 136 Å². The molecule has 26 heteroatoms. The number of thiophene rings is 2. The van der Waals surface area contributed by atoms with Gasteiger partial charge in [-0.05, 0) is 126 Å². The number of fused-ring (bicyclic) bond motifs is 12. The van der Waals surface area contributed by atoms with Crippen LogP contribution >= 0.6 is 22.7 Å². The van der Waals surface area contributed by atoms with E-state index in [0.717, 1.165) is 138 Å². The van der Waals surface area contributed by atoms with Crippen LogP contribution in [0.3, 0.4) is 0 Å². The number of ether oxygens (including phenoxy) is 6. The van der Waals surface area contributed by atoms with Gasteiger partial charge in [0.1, 0.15) is 25.9 Å². The molecule has 0 radical (unpaired) electrons. The monoisotopic (exact) mass is 1600 g/mol. The van der Waals surface area contributed by atoms with Crippen molar-refractivity contribution in [3.05, 3.63) is 303 Å². The quantitative estimate of drug-likeness (QED) is 0.0136. The summed E-state index contributed by atoms with van der Waals surface area (Å²) in [6, 6.07) is 46.5. The van der Waals surface area contributed by atoms with Crippen LogP contribution in [0.5, 0.6) is 0 Å². The Hall–Kier alpha value is -12.9. The maximum atomic E-state index is 13.3. The number of esters is 2. The van der Waals surface area contributed by atoms with E-state index in [4.69, 9.17) is 93.6 Å². The average molecular weight is 1600 g/mol. The van der Waals surface area contributed by atoms with Crippen molar-refractivity contribution in [2.75, 3.05) is 40.8 Å². The lowest BCUT2D eigenvalue weighted by Crippen LogP contribution is -2.14. The molecular weight excluding hydrogens is 1520 g/mol. The standard InChI is InChI=1S/C47H40N6O6.C43H36N6O6S2.CH4/c1-7-33-17-19-40-37(21-33)42(35-15-11-9-13-29(35)3)50-31(5)45-39(48-24-52(40)45)23-58-59-28-56-26-55-27-57-47(54)44-46-32(6)51-43(36-16-12-10-14-30(36)4)38-22-34(8-2)18-20-41(38)53(46)25-49-44;1-7-29-17-34-41(56-29)36(31-15-11-9-13-25(31)3)46-27(5)39-33(44-20-48(34)39)19-54-55-24-52-22-51-23-53-43(50)38-40-28(6)47-37(32-16-12-10-14-26(32)4)42-35(49(40)21-45-38)18-30(8-2)57-42;/h1-2,9-22,24-25,31-32H,23,26-28H2,3-6H3;1-2,9-18,20-21,27-28H,19,22-24H2,3-6H3;1H4. The molecule has 0 N–H and O–H groups in total. The molecule has 0 bridgehead atoms. The molecule has 4 atom stereocenters. The highest BCUT2D eigenvalue weighted by atomic mass is 32.1. The van der Waals surface area contributed by atoms with E-state index in [-0.39, 0.29) is 84.9 Å². The first-order chi connectivity index (χ1) is 56.5. The number of aliphatic imine (C=N–C) groups is 4. The number of hydrogen-bond acceptors (Lipinski definition) is 22. The van der Waals surface area contributed by atoms with Crippen molar-refractivity contribution >= 4 is 57.5 Å². The van der Waals surface area contributed by atoms with Crippen molar-refractivity contribution in [3.8, 4) is 72.1 Å². The summed E-state index contributed by atoms with van der Waals surface area (Å²) in [6.45, 7) is 14.5. The fourth-order valence-corrected chi connectivity index (χ4v) is 16.4. The number of rotatable bonds is 24. The lowest BCUT2D eigenvalue weighted by Gasteiger charge is -2.14. The van der Waals surface area contributed by atoms with Crippen LogP contribution < -0.4 is 0 Å². The maximum Gasteiger partial charge on any atom is 0.361 e. The number of carbonyl (C=O) groups is 2. The second-order valence-corrected chi connectivity index (χ2v) is 29.4. The van der Waals surface area contributed by atoms with Gasteiger partial charge < -0.3 is 33.0 Å². The molecule has 0 fully saturated rings. The fourth-order valence-electron chi connectivity index (χ4n) is 14.5. The van der Waals surface area contributed by atoms with Crippen LogP contribution in [-0.2, 0) is 61.2 Å². The molecule has 6 aromatic carbocycles. The van der Waals surface area contributed by atoms with Gasteiger partial charge in [-0.1, -0.05) is 128 Å². The molecule has 0 amide bonds. The Morgan fingerprint density at radius 2 is 0.709 bits per heavy atom. The highest BCUT2D eigenvalue weighted by molar-refractivity contribution is 7.15. The molecular formula is C91H80N12O12S2. The van der Waals surface area contributed by atoms with Crippen molar-refractivity contribution in [2.45, 2.75) is 100 Å². The number of imidazole rings is 4. The van der Waals surface area contributed by atoms with E-state index >= 15 is 0 Å². The van der Waals surface area contributed by atoms with Crippen LogP contribution in [0.25, 0.3) is 22.7 Å². The van der Waals surface area contributed by atoms with Crippen LogP contribution in [0, 0.1) is 77.1 Å². The third-order valence-electron chi connectivity index (χ3n) is 20.0. The van der Waals surface area contributed by atoms with Crippen molar-refractivity contribution in [1.82, 2.24) is 38.2 Å². The largest absolute Gasteiger partial charge is 0.434 e. The minimum Gasteiger partial charge on any atom is -0.434 e. The number of aryl methyl sites for hydroxylation is 4. The van der Waals surface area contributed by atoms with E-state index in [1.807, 2.05) is 181 Å². The zero-order chi connectivity index (χ0) is 80.7. The summed E-state index contributed by atoms with van der Waals surface area (Å²) in [5, 5.41) is 0. The number of terminal acetylenes is 4. The number of aromatic nitrogens is 8. The van der Waals surface area contributed by atoms with Crippen LogP contribution in [0.1, 0.15) is 201 Å². The number of nitrogens with zero attached hydrogens (tertiary/aromatic N) is 12. The van der Waals surface area contributed by atoms with Crippen LogP contribution in [0.4, 0.5) is 0 Å². The summed E-state index contributed by atoms with van der Waals surface area (Å²) in [5.41, 5.74) is 22.9. The third kappa shape index (κ3) is 16.5. The normalized spacial score (nSPS) is 15.2. The van der Waals surface area contributed by atoms with Gasteiger partial charge in [-0.3, -0.25) is 33.7 Å². The number of hydrogen-bond donors (Lipinski definition) is 0. The Bertz CT molecular complexity index is 6120. The molecule has 588 valence electrons. The predicted octanol–water partition coefficient (Wildman–Crippen LogP) is 16.1. The lowest BCUT2D eigenvalue weighted by molar-refractivity contribution is -0.353. The molecule has 4 aliphatic heterocycles. The summed E-state index contributed by atoms with van der Waals surface area (Å²) < 4.78 is 40.2. The van der Waals surface area contributed by atoms with E-state index in [9.17, 15) is 9.59 Å². The first-order valence-corrected chi connectivity index (χ1v) is 38.6. The molecule has 4 aliphatic rings. The van der Waals surface area contributed by atoms with Gasteiger partial charge in [0.15, 0.2) is 52.1 Å². The van der Waals surface area contributed by atoms with Gasteiger partial charge in [-0.25, -0.2) is 49.1 Å².